The zero-order valence-corrected chi connectivity index (χ0v) is 35.6. The van der Waals surface area contributed by atoms with Gasteiger partial charge in [-0.15, -0.1) is 0 Å². The lowest BCUT2D eigenvalue weighted by Crippen LogP contribution is -2.51. The number of aromatic nitrogens is 4. The molecule has 332 valence electrons. The molecule has 4 N–H and O–H groups in total. The van der Waals surface area contributed by atoms with Crippen molar-refractivity contribution in [3.05, 3.63) is 71.6 Å². The van der Waals surface area contributed by atoms with Crippen LogP contribution in [-0.4, -0.2) is 118 Å². The molecule has 1 unspecified atom stereocenters. The maximum absolute atomic E-state index is 14.9. The highest BCUT2D eigenvalue weighted by molar-refractivity contribution is 6.00. The van der Waals surface area contributed by atoms with Gasteiger partial charge in [-0.2, -0.15) is 0 Å². The highest BCUT2D eigenvalue weighted by Crippen LogP contribution is 2.52. The summed E-state index contributed by atoms with van der Waals surface area (Å²) in [5, 5.41) is 5.06. The van der Waals surface area contributed by atoms with Gasteiger partial charge >= 0.3 is 12.2 Å². The first-order chi connectivity index (χ1) is 30.3. The Labute approximate surface area is 362 Å². The van der Waals surface area contributed by atoms with Crippen LogP contribution in [0.25, 0.3) is 33.7 Å². The monoisotopic (exact) mass is 868 g/mol. The molecular formula is C45H50F2N8O8. The number of benzene rings is 2. The van der Waals surface area contributed by atoms with Crippen LogP contribution < -0.4 is 20.1 Å². The Morgan fingerprint density at radius 1 is 0.778 bits per heavy atom. The minimum atomic E-state index is -1.25. The predicted octanol–water partition coefficient (Wildman–Crippen LogP) is 6.29. The van der Waals surface area contributed by atoms with Crippen LogP contribution in [0.15, 0.2) is 48.8 Å². The summed E-state index contributed by atoms with van der Waals surface area (Å²) in [7, 11) is 2.43. The molecule has 2 aromatic heterocycles. The van der Waals surface area contributed by atoms with Gasteiger partial charge < -0.3 is 49.3 Å². The number of amides is 4. The molecule has 7 atom stereocenters. The minimum absolute atomic E-state index is 0.0704. The van der Waals surface area contributed by atoms with Gasteiger partial charge in [-0.3, -0.25) is 9.59 Å². The van der Waals surface area contributed by atoms with Crippen molar-refractivity contribution in [3.63, 3.8) is 0 Å². The van der Waals surface area contributed by atoms with Gasteiger partial charge in [-0.1, -0.05) is 38.1 Å². The number of carbonyl (C=O) groups is 4. The van der Waals surface area contributed by atoms with Gasteiger partial charge in [0.15, 0.2) is 0 Å². The Hall–Kier alpha value is -6.46. The molecule has 1 aliphatic carbocycles. The summed E-state index contributed by atoms with van der Waals surface area (Å²) in [5.74, 6) is 1.53. The second kappa shape index (κ2) is 16.7. The van der Waals surface area contributed by atoms with Crippen molar-refractivity contribution in [2.45, 2.75) is 89.1 Å². The van der Waals surface area contributed by atoms with Crippen molar-refractivity contribution in [3.8, 4) is 34.0 Å². The van der Waals surface area contributed by atoms with Gasteiger partial charge in [0.2, 0.25) is 11.8 Å². The van der Waals surface area contributed by atoms with Gasteiger partial charge in [0.25, 0.3) is 0 Å². The zero-order chi connectivity index (χ0) is 44.3. The van der Waals surface area contributed by atoms with E-state index in [2.05, 4.69) is 35.3 Å². The zero-order valence-electron chi connectivity index (χ0n) is 35.6. The Balaban J connectivity index is 0.953. The number of likely N-dealkylation sites (tertiary alicyclic amines) is 2. The molecular weight excluding hydrogens is 819 g/mol. The maximum atomic E-state index is 14.9. The van der Waals surface area contributed by atoms with Crippen LogP contribution in [0, 0.1) is 11.8 Å². The van der Waals surface area contributed by atoms with Crippen LogP contribution in [-0.2, 0) is 19.1 Å². The average Bonchev–Trinajstić information content (AvgIpc) is 3.60. The van der Waals surface area contributed by atoms with Crippen molar-refractivity contribution in [2.24, 2.45) is 11.8 Å². The fourth-order valence-electron chi connectivity index (χ4n) is 9.24. The van der Waals surface area contributed by atoms with E-state index in [1.165, 1.54) is 30.9 Å². The number of fused-ring (bicyclic) bond motifs is 4. The second-order valence-electron chi connectivity index (χ2n) is 17.2. The minimum Gasteiger partial charge on any atom is -0.488 e. The number of rotatable bonds is 10. The first-order valence-electron chi connectivity index (χ1n) is 21.3. The first-order valence-corrected chi connectivity index (χ1v) is 21.3. The number of imidazole rings is 2. The molecule has 63 heavy (non-hydrogen) atoms. The third-order valence-corrected chi connectivity index (χ3v) is 12.7. The lowest BCUT2D eigenvalue weighted by molar-refractivity contribution is -0.136. The SMILES string of the molecule is COC(=O)N[C@@H](C)C(=O)N1C[C@H](F)C[C@H]1c1ncc(-c2ccc3c(c2)OC(C2CC2)C2=C3COc3cc(-c4cnc([C@@H]5C[C@@H](F)CN5C(=O)[C@@H](NC(=O)OC)C(C)C)[nH]4)ccc32)[nH]1. The predicted molar refractivity (Wildman–Crippen MR) is 225 cm³/mol. The number of hydrogen-bond donors (Lipinski definition) is 4. The number of aromatic amines is 2. The van der Waals surface area contributed by atoms with Gasteiger partial charge in [0.05, 0.1) is 63.2 Å². The second-order valence-corrected chi connectivity index (χ2v) is 17.2. The van der Waals surface area contributed by atoms with Gasteiger partial charge in [-0.05, 0) is 37.8 Å². The van der Waals surface area contributed by atoms with E-state index in [0.717, 1.165) is 46.2 Å². The largest absolute Gasteiger partial charge is 0.488 e. The van der Waals surface area contributed by atoms with Gasteiger partial charge in [-0.25, -0.2) is 28.3 Å². The van der Waals surface area contributed by atoms with Crippen LogP contribution >= 0.6 is 0 Å². The van der Waals surface area contributed by atoms with Gasteiger partial charge in [0.1, 0.15) is 60.3 Å². The Morgan fingerprint density at radius 3 is 1.90 bits per heavy atom. The van der Waals surface area contributed by atoms with Crippen molar-refractivity contribution in [1.29, 1.82) is 0 Å². The van der Waals surface area contributed by atoms with Crippen LogP contribution in [0.1, 0.15) is 81.3 Å². The summed E-state index contributed by atoms with van der Waals surface area (Å²) in [6.45, 7) is 5.23. The van der Waals surface area contributed by atoms with Crippen molar-refractivity contribution >= 4 is 35.1 Å². The van der Waals surface area contributed by atoms with E-state index in [1.54, 1.807) is 26.2 Å². The third kappa shape index (κ3) is 7.95. The number of nitrogens with one attached hydrogen (secondary N) is 4. The maximum Gasteiger partial charge on any atom is 0.407 e. The number of carbonyl (C=O) groups excluding carboxylic acids is 4. The highest BCUT2D eigenvalue weighted by Gasteiger charge is 2.45. The molecule has 2 saturated heterocycles. The van der Waals surface area contributed by atoms with Crippen molar-refractivity contribution < 1.29 is 46.9 Å². The molecule has 1 saturated carbocycles. The van der Waals surface area contributed by atoms with Crippen molar-refractivity contribution in [1.82, 2.24) is 40.4 Å². The summed E-state index contributed by atoms with van der Waals surface area (Å²) < 4.78 is 52.4. The van der Waals surface area contributed by atoms with Crippen LogP contribution in [0.4, 0.5) is 18.4 Å². The molecule has 4 aliphatic heterocycles. The number of halogens is 2. The fourth-order valence-corrected chi connectivity index (χ4v) is 9.24. The quantitative estimate of drug-likeness (QED) is 0.141. The Kier molecular flexibility index (Phi) is 11.1. The van der Waals surface area contributed by atoms with E-state index < -0.39 is 60.5 Å². The summed E-state index contributed by atoms with van der Waals surface area (Å²) in [4.78, 5) is 69.4. The lowest BCUT2D eigenvalue weighted by Gasteiger charge is -2.35. The van der Waals surface area contributed by atoms with Crippen molar-refractivity contribution in [2.75, 3.05) is 33.9 Å². The molecule has 2 aromatic carbocycles. The first kappa shape index (κ1) is 41.9. The molecule has 0 spiro atoms. The topological polar surface area (TPSA) is 193 Å². The van der Waals surface area contributed by atoms with E-state index in [4.69, 9.17) is 14.2 Å². The van der Waals surface area contributed by atoms with E-state index in [-0.39, 0.29) is 38.0 Å². The van der Waals surface area contributed by atoms with Crippen LogP contribution in [0.5, 0.6) is 11.5 Å². The van der Waals surface area contributed by atoms with E-state index in [0.29, 0.717) is 47.1 Å². The lowest BCUT2D eigenvalue weighted by atomic mass is 9.84. The molecule has 6 heterocycles. The van der Waals surface area contributed by atoms with E-state index in [1.807, 2.05) is 36.4 Å². The summed E-state index contributed by atoms with van der Waals surface area (Å²) in [6.07, 6.45) is 1.36. The molecule has 0 bridgehead atoms. The standard InChI is InChI=1S/C45H50F2N8O8/c1-21(2)38(53-45(59)61-5)43(57)55-19-27(47)15-34(55)41-49-16-31(51-41)24-9-11-29-35(12-24)62-20-30-28-10-8-25(13-36(28)63-39(37(29)30)23-6-7-23)32-17-48-40(52-32)33-14-26(46)18-54(33)42(56)22(3)50-44(58)60-4/h8-13,16-17,21-23,26-27,33-34,38-39H,6-7,14-15,18-20H2,1-5H3,(H,48,52)(H,49,51)(H,50,58)(H,53,59)/t22-,26+,27+,33-,34-,38-,39?/m0/s1. The number of nitrogens with zero attached hydrogens (tertiary/aromatic N) is 4. The molecule has 9 rings (SSSR count). The number of hydrogen-bond acceptors (Lipinski definition) is 10. The number of alkyl halides is 2. The number of alkyl carbamates (subject to hydrolysis) is 2. The molecule has 3 fully saturated rings. The summed E-state index contributed by atoms with van der Waals surface area (Å²) >= 11 is 0. The smallest absolute Gasteiger partial charge is 0.407 e. The molecule has 5 aliphatic rings. The molecule has 4 aromatic rings. The number of H-pyrrole nitrogens is 2. The molecule has 4 amide bonds. The van der Waals surface area contributed by atoms with E-state index in [9.17, 15) is 28.0 Å². The molecule has 0 radical (unpaired) electrons. The Bertz CT molecular complexity index is 2480. The Morgan fingerprint density at radius 2 is 1.33 bits per heavy atom. The third-order valence-electron chi connectivity index (χ3n) is 12.7. The summed E-state index contributed by atoms with van der Waals surface area (Å²) in [5.41, 5.74) is 6.97. The highest BCUT2D eigenvalue weighted by atomic mass is 19.1. The van der Waals surface area contributed by atoms with E-state index >= 15 is 0 Å². The van der Waals surface area contributed by atoms with Crippen LogP contribution in [0.2, 0.25) is 0 Å². The number of ether oxygens (including phenoxy) is 4. The van der Waals surface area contributed by atoms with Crippen LogP contribution in [0.3, 0.4) is 0 Å². The summed E-state index contributed by atoms with van der Waals surface area (Å²) in [6, 6.07) is 8.83. The average molecular weight is 869 g/mol. The molecule has 16 nitrogen and oxygen atoms in total. The number of methoxy groups -OCH3 is 2. The molecule has 18 heteroatoms. The fraction of sp³-hybridized carbons (Fsp3) is 0.467. The normalized spacial score (nSPS) is 23.5. The van der Waals surface area contributed by atoms with Gasteiger partial charge in [0, 0.05) is 52.2 Å².